The molecule has 0 spiro atoms. The van der Waals surface area contributed by atoms with Gasteiger partial charge in [0.2, 0.25) is 0 Å². The number of hydrogen-bond acceptors (Lipinski definition) is 3. The molecule has 2 aliphatic rings. The fourth-order valence-electron chi connectivity index (χ4n) is 3.78. The van der Waals surface area contributed by atoms with Gasteiger partial charge < -0.3 is 9.84 Å². The number of aromatic hydroxyl groups is 1. The molecule has 0 saturated heterocycles. The smallest absolute Gasteiger partial charge is 0.343 e. The van der Waals surface area contributed by atoms with Gasteiger partial charge in [-0.15, -0.1) is 0 Å². The van der Waals surface area contributed by atoms with Crippen LogP contribution >= 0.6 is 0 Å². The number of hydrogen-bond donors (Lipinski definition) is 1. The monoisotopic (exact) mass is 280 g/mol. The predicted molar refractivity (Wildman–Crippen MR) is 78.8 cm³/mol. The molecule has 0 aliphatic heterocycles. The molecule has 106 valence electrons. The zero-order valence-corrected chi connectivity index (χ0v) is 11.6. The average Bonchev–Trinajstić information content (AvgIpc) is 3.13. The Morgan fingerprint density at radius 3 is 2.48 bits per heavy atom. The van der Waals surface area contributed by atoms with Crippen LogP contribution < -0.4 is 4.74 Å². The number of phenols is 1. The van der Waals surface area contributed by atoms with Gasteiger partial charge in [0.05, 0.1) is 5.56 Å². The van der Waals surface area contributed by atoms with Crippen LogP contribution in [-0.4, -0.2) is 11.1 Å². The lowest BCUT2D eigenvalue weighted by atomic mass is 9.90. The number of rotatable bonds is 2. The van der Waals surface area contributed by atoms with Gasteiger partial charge in [0, 0.05) is 11.1 Å². The fourth-order valence-corrected chi connectivity index (χ4v) is 3.78. The van der Waals surface area contributed by atoms with Gasteiger partial charge in [0.15, 0.2) is 0 Å². The van der Waals surface area contributed by atoms with Crippen LogP contribution in [0.2, 0.25) is 0 Å². The second-order valence-electron chi connectivity index (χ2n) is 5.87. The maximum Gasteiger partial charge on any atom is 0.343 e. The first-order valence-electron chi connectivity index (χ1n) is 7.37. The lowest BCUT2D eigenvalue weighted by molar-refractivity contribution is 0.0732. The summed E-state index contributed by atoms with van der Waals surface area (Å²) in [4.78, 5) is 12.2. The van der Waals surface area contributed by atoms with Crippen molar-refractivity contribution in [1.29, 1.82) is 0 Å². The second kappa shape index (κ2) is 4.62. The number of esters is 1. The molecule has 0 amide bonds. The highest BCUT2D eigenvalue weighted by molar-refractivity contribution is 5.91. The number of carbonyl (C=O) groups excluding carboxylic acids is 1. The summed E-state index contributed by atoms with van der Waals surface area (Å²) in [5, 5.41) is 10.1. The fraction of sp³-hybridized carbons (Fsp3) is 0.278. The Morgan fingerprint density at radius 1 is 1.00 bits per heavy atom. The van der Waals surface area contributed by atoms with Crippen LogP contribution in [0.5, 0.6) is 11.5 Å². The number of fused-ring (bicyclic) bond motifs is 5. The summed E-state index contributed by atoms with van der Waals surface area (Å²) in [5.74, 6) is 1.47. The Hall–Kier alpha value is -2.29. The molecule has 2 bridgehead atoms. The summed E-state index contributed by atoms with van der Waals surface area (Å²) < 4.78 is 5.60. The number of ether oxygens (including phenoxy) is 1. The SMILES string of the molecule is O=C(Oc1ccc(O)c2c1[C@@H]1CC[C@H]2C1)c1ccccc1. The minimum atomic E-state index is -0.341. The van der Waals surface area contributed by atoms with Crippen molar-refractivity contribution < 1.29 is 14.6 Å². The van der Waals surface area contributed by atoms with Crippen LogP contribution in [0, 0.1) is 0 Å². The predicted octanol–water partition coefficient (Wildman–Crippen LogP) is 3.98. The molecule has 1 N–H and O–H groups in total. The molecule has 0 radical (unpaired) electrons. The van der Waals surface area contributed by atoms with E-state index >= 15 is 0 Å². The van der Waals surface area contributed by atoms with Crippen molar-refractivity contribution in [3.63, 3.8) is 0 Å². The van der Waals surface area contributed by atoms with E-state index in [1.54, 1.807) is 24.3 Å². The molecule has 2 aromatic carbocycles. The Labute approximate surface area is 123 Å². The average molecular weight is 280 g/mol. The maximum atomic E-state index is 12.2. The molecule has 1 saturated carbocycles. The molecule has 0 unspecified atom stereocenters. The molecule has 4 rings (SSSR count). The van der Waals surface area contributed by atoms with E-state index in [1.807, 2.05) is 18.2 Å². The molecule has 2 atom stereocenters. The first kappa shape index (κ1) is 12.5. The van der Waals surface area contributed by atoms with E-state index in [-0.39, 0.29) is 5.97 Å². The molecule has 3 nitrogen and oxygen atoms in total. The zero-order valence-electron chi connectivity index (χ0n) is 11.6. The van der Waals surface area contributed by atoms with Crippen LogP contribution in [0.3, 0.4) is 0 Å². The van der Waals surface area contributed by atoms with Crippen molar-refractivity contribution in [2.75, 3.05) is 0 Å². The third kappa shape index (κ3) is 1.92. The van der Waals surface area contributed by atoms with Gasteiger partial charge in [-0.3, -0.25) is 0 Å². The Balaban J connectivity index is 1.70. The summed E-state index contributed by atoms with van der Waals surface area (Å²) in [6.45, 7) is 0. The molecule has 21 heavy (non-hydrogen) atoms. The number of phenolic OH excluding ortho intramolecular Hbond substituents is 1. The zero-order chi connectivity index (χ0) is 14.4. The van der Waals surface area contributed by atoms with E-state index < -0.39 is 0 Å². The number of carbonyl (C=O) groups is 1. The topological polar surface area (TPSA) is 46.5 Å². The maximum absolute atomic E-state index is 12.2. The van der Waals surface area contributed by atoms with E-state index in [9.17, 15) is 9.90 Å². The highest BCUT2D eigenvalue weighted by atomic mass is 16.5. The van der Waals surface area contributed by atoms with Crippen LogP contribution in [0.1, 0.15) is 52.6 Å². The standard InChI is InChI=1S/C18H16O3/c19-14-8-9-15(17-13-7-6-12(10-13)16(14)17)21-18(20)11-4-2-1-3-5-11/h1-5,8-9,12-13,19H,6-7,10H2/t12-,13+/m0/s1. The van der Waals surface area contributed by atoms with Crippen molar-refractivity contribution in [2.45, 2.75) is 31.1 Å². The molecule has 1 fully saturated rings. The summed E-state index contributed by atoms with van der Waals surface area (Å²) in [6.07, 6.45) is 3.32. The molecule has 3 heteroatoms. The van der Waals surface area contributed by atoms with E-state index in [1.165, 1.54) is 0 Å². The normalized spacial score (nSPS) is 22.1. The Bertz CT molecular complexity index is 706. The molecule has 2 aliphatic carbocycles. The van der Waals surface area contributed by atoms with Gasteiger partial charge in [-0.1, -0.05) is 18.2 Å². The van der Waals surface area contributed by atoms with E-state index in [2.05, 4.69) is 0 Å². The Kier molecular flexibility index (Phi) is 2.74. The largest absolute Gasteiger partial charge is 0.508 e. The van der Waals surface area contributed by atoms with Crippen LogP contribution in [0.15, 0.2) is 42.5 Å². The van der Waals surface area contributed by atoms with Crippen LogP contribution in [0.4, 0.5) is 0 Å². The van der Waals surface area contributed by atoms with Gasteiger partial charge >= 0.3 is 5.97 Å². The molecule has 2 aromatic rings. The van der Waals surface area contributed by atoms with Crippen molar-refractivity contribution in [3.05, 3.63) is 59.2 Å². The first-order chi connectivity index (χ1) is 10.2. The Morgan fingerprint density at radius 2 is 1.71 bits per heavy atom. The molecular formula is C18H16O3. The van der Waals surface area contributed by atoms with Crippen molar-refractivity contribution in [3.8, 4) is 11.5 Å². The van der Waals surface area contributed by atoms with Gasteiger partial charge in [-0.05, 0) is 55.4 Å². The quantitative estimate of drug-likeness (QED) is 0.668. The minimum absolute atomic E-state index is 0.341. The number of benzene rings is 2. The third-order valence-corrected chi connectivity index (χ3v) is 4.69. The van der Waals surface area contributed by atoms with Crippen molar-refractivity contribution in [2.24, 2.45) is 0 Å². The van der Waals surface area contributed by atoms with Gasteiger partial charge in [0.25, 0.3) is 0 Å². The second-order valence-corrected chi connectivity index (χ2v) is 5.87. The molecular weight excluding hydrogens is 264 g/mol. The summed E-state index contributed by atoms with van der Waals surface area (Å²) in [7, 11) is 0. The third-order valence-electron chi connectivity index (χ3n) is 4.69. The van der Waals surface area contributed by atoms with Gasteiger partial charge in [-0.25, -0.2) is 4.79 Å². The van der Waals surface area contributed by atoms with E-state index in [0.29, 0.717) is 28.9 Å². The lowest BCUT2D eigenvalue weighted by Crippen LogP contribution is -2.11. The summed E-state index contributed by atoms with van der Waals surface area (Å²) >= 11 is 0. The van der Waals surface area contributed by atoms with Crippen LogP contribution in [-0.2, 0) is 0 Å². The van der Waals surface area contributed by atoms with Gasteiger partial charge in [0.1, 0.15) is 11.5 Å². The van der Waals surface area contributed by atoms with Crippen molar-refractivity contribution in [1.82, 2.24) is 0 Å². The highest BCUT2D eigenvalue weighted by Crippen LogP contribution is 2.58. The van der Waals surface area contributed by atoms with E-state index in [0.717, 1.165) is 30.4 Å². The van der Waals surface area contributed by atoms with Crippen LogP contribution in [0.25, 0.3) is 0 Å². The summed E-state index contributed by atoms with van der Waals surface area (Å²) in [6, 6.07) is 12.4. The first-order valence-corrected chi connectivity index (χ1v) is 7.37. The molecule has 0 aromatic heterocycles. The van der Waals surface area contributed by atoms with Crippen molar-refractivity contribution >= 4 is 5.97 Å². The minimum Gasteiger partial charge on any atom is -0.508 e. The molecule has 0 heterocycles. The lowest BCUT2D eigenvalue weighted by Gasteiger charge is -2.19. The van der Waals surface area contributed by atoms with E-state index in [4.69, 9.17) is 4.74 Å². The summed E-state index contributed by atoms with van der Waals surface area (Å²) in [5.41, 5.74) is 2.60. The van der Waals surface area contributed by atoms with Gasteiger partial charge in [-0.2, -0.15) is 0 Å². The highest BCUT2D eigenvalue weighted by Gasteiger charge is 2.41.